The summed E-state index contributed by atoms with van der Waals surface area (Å²) in [4.78, 5) is 0. The largest absolute Gasteiger partial charge is 1.00 e. The minimum atomic E-state index is 0. The number of halogens is 2. The van der Waals surface area contributed by atoms with Crippen molar-refractivity contribution in [3.05, 3.63) is 71.8 Å². The molecule has 0 amide bonds. The van der Waals surface area contributed by atoms with Gasteiger partial charge in [-0.25, -0.2) is 0 Å². The van der Waals surface area contributed by atoms with E-state index in [1.54, 1.807) is 0 Å². The Balaban J connectivity index is 0.00000420. The molecule has 4 heteroatoms. The quantitative estimate of drug-likeness (QED) is 0.205. The molecule has 0 atom stereocenters. The number of quaternary nitrogens is 2. The zero-order valence-corrected chi connectivity index (χ0v) is 22.8. The average molecular weight is 542 g/mol. The first kappa shape index (κ1) is 29.3. The topological polar surface area (TPSA) is 0 Å². The van der Waals surface area contributed by atoms with Crippen LogP contribution in [0.25, 0.3) is 0 Å². The van der Waals surface area contributed by atoms with Crippen LogP contribution in [0.15, 0.2) is 60.7 Å². The summed E-state index contributed by atoms with van der Waals surface area (Å²) in [5.74, 6) is 0. The summed E-state index contributed by atoms with van der Waals surface area (Å²) in [6.45, 7) is 4.45. The lowest BCUT2D eigenvalue weighted by molar-refractivity contribution is -1.12. The molecule has 0 bridgehead atoms. The van der Waals surface area contributed by atoms with E-state index in [4.69, 9.17) is 0 Å². The fraction of sp³-hybridized carbons (Fsp3) is 0.538. The molecule has 170 valence electrons. The molecule has 30 heavy (non-hydrogen) atoms. The minimum Gasteiger partial charge on any atom is -1.00 e. The Morgan fingerprint density at radius 2 is 1.00 bits per heavy atom. The van der Waals surface area contributed by atoms with Crippen LogP contribution in [0.1, 0.15) is 56.6 Å². The molecular weight excluding hydrogens is 500 g/mol. The van der Waals surface area contributed by atoms with Crippen LogP contribution < -0.4 is 34.0 Å². The van der Waals surface area contributed by atoms with Gasteiger partial charge in [-0.05, 0) is 6.42 Å². The van der Waals surface area contributed by atoms with Gasteiger partial charge in [-0.15, -0.1) is 0 Å². The van der Waals surface area contributed by atoms with E-state index in [0.29, 0.717) is 6.17 Å². The summed E-state index contributed by atoms with van der Waals surface area (Å²) in [6, 6.07) is 22.0. The van der Waals surface area contributed by atoms with Crippen LogP contribution in [0.2, 0.25) is 0 Å². The number of hydrogen-bond donors (Lipinski definition) is 0. The Labute approximate surface area is 207 Å². The molecule has 0 aliphatic carbocycles. The van der Waals surface area contributed by atoms with Crippen LogP contribution in [0.3, 0.4) is 0 Å². The Morgan fingerprint density at radius 1 is 0.600 bits per heavy atom. The normalized spacial score (nSPS) is 11.7. The summed E-state index contributed by atoms with van der Waals surface area (Å²) in [6.07, 6.45) is 8.61. The second-order valence-electron chi connectivity index (χ2n) is 9.53. The monoisotopic (exact) mass is 540 g/mol. The first-order valence-electron chi connectivity index (χ1n) is 11.1. The summed E-state index contributed by atoms with van der Waals surface area (Å²) in [7, 11) is 9.70. The van der Waals surface area contributed by atoms with Crippen molar-refractivity contribution in [3.63, 3.8) is 0 Å². The average Bonchev–Trinajstić information content (AvgIpc) is 2.65. The molecular formula is C26H42Br2N2. The number of nitrogens with zero attached hydrogens (tertiary/aromatic N) is 2. The zero-order chi connectivity index (χ0) is 20.5. The van der Waals surface area contributed by atoms with Gasteiger partial charge in [0.1, 0.15) is 13.1 Å². The van der Waals surface area contributed by atoms with E-state index in [1.807, 2.05) is 0 Å². The fourth-order valence-electron chi connectivity index (χ4n) is 4.79. The maximum Gasteiger partial charge on any atom is 0.216 e. The molecule has 0 aromatic heterocycles. The highest BCUT2D eigenvalue weighted by Gasteiger charge is 2.41. The summed E-state index contributed by atoms with van der Waals surface area (Å²) in [5, 5.41) is 0. The number of unbranched alkanes of at least 4 members (excludes halogenated alkanes) is 4. The van der Waals surface area contributed by atoms with Crippen molar-refractivity contribution in [2.24, 2.45) is 0 Å². The lowest BCUT2D eigenvalue weighted by atomic mass is 10.0. The number of rotatable bonds is 12. The lowest BCUT2D eigenvalue weighted by Crippen LogP contribution is -3.00. The predicted molar refractivity (Wildman–Crippen MR) is 122 cm³/mol. The van der Waals surface area contributed by atoms with Gasteiger partial charge < -0.3 is 34.0 Å². The standard InChI is InChI=1S/C26H42N2.2BrH/c1-6-7-8-9-16-21-26(27(2,3)22-24-17-12-10-13-18-24)28(4,5)23-25-19-14-11-15-20-25;;/h10-15,17-20,26H,6-9,16,21-23H2,1-5H3;2*1H/q+2;;/p-2. The van der Waals surface area contributed by atoms with Gasteiger partial charge in [-0.2, -0.15) is 0 Å². The van der Waals surface area contributed by atoms with E-state index in [2.05, 4.69) is 95.8 Å². The lowest BCUT2D eigenvalue weighted by Gasteiger charge is -2.47. The highest BCUT2D eigenvalue weighted by atomic mass is 79.9. The van der Waals surface area contributed by atoms with Crippen LogP contribution in [0, 0.1) is 0 Å². The van der Waals surface area contributed by atoms with E-state index in [-0.39, 0.29) is 34.0 Å². The molecule has 0 saturated heterocycles. The molecule has 0 radical (unpaired) electrons. The molecule has 0 aliphatic heterocycles. The third-order valence-corrected chi connectivity index (χ3v) is 6.05. The predicted octanol–water partition coefficient (Wildman–Crippen LogP) is 0.234. The molecule has 0 unspecified atom stereocenters. The minimum absolute atomic E-state index is 0. The van der Waals surface area contributed by atoms with Crippen LogP contribution in [-0.4, -0.2) is 43.3 Å². The molecule has 0 saturated carbocycles. The van der Waals surface area contributed by atoms with Gasteiger partial charge in [0.2, 0.25) is 6.17 Å². The molecule has 2 nitrogen and oxygen atoms in total. The Bertz CT molecular complexity index is 618. The molecule has 0 spiro atoms. The van der Waals surface area contributed by atoms with Crippen LogP contribution in [0.4, 0.5) is 0 Å². The van der Waals surface area contributed by atoms with Crippen molar-refractivity contribution in [3.8, 4) is 0 Å². The van der Waals surface area contributed by atoms with Crippen molar-refractivity contribution >= 4 is 0 Å². The first-order valence-corrected chi connectivity index (χ1v) is 11.1. The molecule has 2 aromatic rings. The van der Waals surface area contributed by atoms with E-state index in [1.165, 1.54) is 49.7 Å². The van der Waals surface area contributed by atoms with Gasteiger partial charge in [0.05, 0.1) is 34.6 Å². The van der Waals surface area contributed by atoms with Crippen LogP contribution in [-0.2, 0) is 13.1 Å². The number of hydrogen-bond acceptors (Lipinski definition) is 0. The molecule has 2 aromatic carbocycles. The molecule has 0 heterocycles. The van der Waals surface area contributed by atoms with Gasteiger partial charge in [0, 0.05) is 11.1 Å². The van der Waals surface area contributed by atoms with Crippen LogP contribution >= 0.6 is 0 Å². The molecule has 0 aliphatic rings. The van der Waals surface area contributed by atoms with Gasteiger partial charge in [-0.3, -0.25) is 8.97 Å². The highest BCUT2D eigenvalue weighted by Crippen LogP contribution is 2.27. The van der Waals surface area contributed by atoms with E-state index < -0.39 is 0 Å². The van der Waals surface area contributed by atoms with E-state index >= 15 is 0 Å². The first-order chi connectivity index (χ1) is 13.3. The van der Waals surface area contributed by atoms with Crippen molar-refractivity contribution in [1.82, 2.24) is 0 Å². The maximum absolute atomic E-state index is 2.43. The van der Waals surface area contributed by atoms with Gasteiger partial charge in [0.15, 0.2) is 0 Å². The Kier molecular flexibility index (Phi) is 14.1. The third kappa shape index (κ3) is 9.64. The second-order valence-corrected chi connectivity index (χ2v) is 9.53. The Morgan fingerprint density at radius 3 is 1.40 bits per heavy atom. The summed E-state index contributed by atoms with van der Waals surface area (Å²) >= 11 is 0. The third-order valence-electron chi connectivity index (χ3n) is 6.05. The van der Waals surface area contributed by atoms with E-state index in [9.17, 15) is 0 Å². The van der Waals surface area contributed by atoms with Crippen molar-refractivity contribution < 1.29 is 42.9 Å². The van der Waals surface area contributed by atoms with Crippen molar-refractivity contribution in [2.75, 3.05) is 28.2 Å². The van der Waals surface area contributed by atoms with Crippen molar-refractivity contribution in [1.29, 1.82) is 0 Å². The number of benzene rings is 2. The second kappa shape index (κ2) is 14.4. The van der Waals surface area contributed by atoms with E-state index in [0.717, 1.165) is 22.1 Å². The van der Waals surface area contributed by atoms with Crippen molar-refractivity contribution in [2.45, 2.75) is 64.7 Å². The smallest absolute Gasteiger partial charge is 0.216 e. The molecule has 0 fully saturated rings. The maximum atomic E-state index is 2.43. The highest BCUT2D eigenvalue weighted by molar-refractivity contribution is 5.14. The molecule has 0 N–H and O–H groups in total. The summed E-state index contributed by atoms with van der Waals surface area (Å²) in [5.41, 5.74) is 2.87. The Hall–Kier alpha value is -0.680. The summed E-state index contributed by atoms with van der Waals surface area (Å²) < 4.78 is 2.05. The van der Waals surface area contributed by atoms with Gasteiger partial charge in [-0.1, -0.05) is 93.3 Å². The van der Waals surface area contributed by atoms with Gasteiger partial charge >= 0.3 is 0 Å². The van der Waals surface area contributed by atoms with Crippen LogP contribution in [0.5, 0.6) is 0 Å². The SMILES string of the molecule is CCCCCCCC([N+](C)(C)Cc1ccccc1)[N+](C)(C)Cc1ccccc1.[Br-].[Br-]. The molecule has 2 rings (SSSR count). The zero-order valence-electron chi connectivity index (χ0n) is 19.7. The van der Waals surface area contributed by atoms with Gasteiger partial charge in [0.25, 0.3) is 0 Å². The fourth-order valence-corrected chi connectivity index (χ4v) is 4.79.